The minimum atomic E-state index is -0.416. The van der Waals surface area contributed by atoms with Gasteiger partial charge in [0, 0.05) is 12.6 Å². The van der Waals surface area contributed by atoms with Crippen LogP contribution in [0.4, 0.5) is 0 Å². The van der Waals surface area contributed by atoms with Crippen LogP contribution in [0.25, 0.3) is 0 Å². The summed E-state index contributed by atoms with van der Waals surface area (Å²) < 4.78 is 0. The average molecular weight is 254 g/mol. The van der Waals surface area contributed by atoms with Crippen molar-refractivity contribution in [1.82, 2.24) is 4.90 Å². The Morgan fingerprint density at radius 1 is 1.11 bits per heavy atom. The average Bonchev–Trinajstić information content (AvgIpc) is 2.65. The third-order valence-corrected chi connectivity index (χ3v) is 5.07. The molecule has 2 unspecified atom stereocenters. The molecule has 2 atom stereocenters. The molecule has 3 nitrogen and oxygen atoms in total. The summed E-state index contributed by atoms with van der Waals surface area (Å²) in [4.78, 5) is 2.41. The van der Waals surface area contributed by atoms with Gasteiger partial charge in [-0.05, 0) is 45.2 Å². The van der Waals surface area contributed by atoms with E-state index in [4.69, 9.17) is 5.73 Å². The number of likely N-dealkylation sites (N-methyl/N-ethyl adjacent to an activating group) is 1. The van der Waals surface area contributed by atoms with Gasteiger partial charge in [-0.1, -0.05) is 32.1 Å². The van der Waals surface area contributed by atoms with Crippen molar-refractivity contribution in [3.05, 3.63) is 0 Å². The summed E-state index contributed by atoms with van der Waals surface area (Å²) >= 11 is 0. The van der Waals surface area contributed by atoms with Crippen LogP contribution in [-0.4, -0.2) is 41.8 Å². The van der Waals surface area contributed by atoms with Crippen LogP contribution in [0.3, 0.4) is 0 Å². The van der Waals surface area contributed by atoms with Crippen LogP contribution in [0.2, 0.25) is 0 Å². The number of nitrogens with two attached hydrogens (primary N) is 1. The van der Waals surface area contributed by atoms with E-state index in [0.717, 1.165) is 25.9 Å². The number of aliphatic hydroxyl groups is 1. The van der Waals surface area contributed by atoms with Gasteiger partial charge in [0.2, 0.25) is 0 Å². The fourth-order valence-electron chi connectivity index (χ4n) is 3.99. The second-order valence-corrected chi connectivity index (χ2v) is 6.55. The van der Waals surface area contributed by atoms with Crippen molar-refractivity contribution in [3.8, 4) is 0 Å². The van der Waals surface area contributed by atoms with Gasteiger partial charge in [0.1, 0.15) is 0 Å². The normalized spacial score (nSPS) is 32.7. The van der Waals surface area contributed by atoms with Gasteiger partial charge >= 0.3 is 0 Å². The molecule has 0 aliphatic heterocycles. The van der Waals surface area contributed by atoms with E-state index in [1.54, 1.807) is 0 Å². The molecule has 0 radical (unpaired) electrons. The van der Waals surface area contributed by atoms with Crippen LogP contribution in [0.15, 0.2) is 0 Å². The summed E-state index contributed by atoms with van der Waals surface area (Å²) in [6.07, 6.45) is 10.9. The lowest BCUT2D eigenvalue weighted by atomic mass is 9.92. The smallest absolute Gasteiger partial charge is 0.0774 e. The standard InChI is InChI=1S/C15H30N2O/c1-17(12-15(18)9-5-6-10-15)14-8-4-2-3-7-13(14)11-16/h13-14,18H,2-12,16H2,1H3. The molecule has 2 fully saturated rings. The Bertz CT molecular complexity index is 251. The summed E-state index contributed by atoms with van der Waals surface area (Å²) in [5.74, 6) is 0.627. The zero-order valence-electron chi connectivity index (χ0n) is 11.9. The van der Waals surface area contributed by atoms with Gasteiger partial charge in [0.05, 0.1) is 5.60 Å². The number of rotatable bonds is 4. The van der Waals surface area contributed by atoms with Crippen LogP contribution < -0.4 is 5.73 Å². The van der Waals surface area contributed by atoms with Crippen LogP contribution in [-0.2, 0) is 0 Å². The molecule has 2 saturated carbocycles. The van der Waals surface area contributed by atoms with E-state index in [1.807, 2.05) is 0 Å². The topological polar surface area (TPSA) is 49.5 Å². The van der Waals surface area contributed by atoms with Gasteiger partial charge in [0.15, 0.2) is 0 Å². The van der Waals surface area contributed by atoms with Gasteiger partial charge in [-0.25, -0.2) is 0 Å². The van der Waals surface area contributed by atoms with Crippen molar-refractivity contribution in [2.45, 2.75) is 69.4 Å². The Hall–Kier alpha value is -0.120. The predicted molar refractivity (Wildman–Crippen MR) is 75.5 cm³/mol. The Balaban J connectivity index is 1.94. The third-order valence-electron chi connectivity index (χ3n) is 5.07. The molecular formula is C15H30N2O. The largest absolute Gasteiger partial charge is 0.389 e. The van der Waals surface area contributed by atoms with E-state index in [1.165, 1.54) is 44.9 Å². The molecule has 106 valence electrons. The maximum atomic E-state index is 10.5. The highest BCUT2D eigenvalue weighted by molar-refractivity contribution is 4.90. The minimum absolute atomic E-state index is 0.416. The molecule has 18 heavy (non-hydrogen) atoms. The molecule has 0 aromatic heterocycles. The van der Waals surface area contributed by atoms with E-state index >= 15 is 0 Å². The number of hydrogen-bond acceptors (Lipinski definition) is 3. The molecule has 2 rings (SSSR count). The summed E-state index contributed by atoms with van der Waals surface area (Å²) in [7, 11) is 2.19. The highest BCUT2D eigenvalue weighted by Gasteiger charge is 2.35. The maximum Gasteiger partial charge on any atom is 0.0774 e. The molecule has 0 aromatic rings. The van der Waals surface area contributed by atoms with Gasteiger partial charge in [-0.3, -0.25) is 0 Å². The van der Waals surface area contributed by atoms with Gasteiger partial charge in [0.25, 0.3) is 0 Å². The molecule has 3 heteroatoms. The van der Waals surface area contributed by atoms with E-state index in [2.05, 4.69) is 11.9 Å². The van der Waals surface area contributed by atoms with E-state index in [0.29, 0.717) is 12.0 Å². The summed E-state index contributed by atoms with van der Waals surface area (Å²) in [6.45, 7) is 1.64. The predicted octanol–water partition coefficient (Wildman–Crippen LogP) is 2.13. The van der Waals surface area contributed by atoms with Crippen molar-refractivity contribution >= 4 is 0 Å². The van der Waals surface area contributed by atoms with Crippen molar-refractivity contribution in [1.29, 1.82) is 0 Å². The number of nitrogens with zero attached hydrogens (tertiary/aromatic N) is 1. The van der Waals surface area contributed by atoms with Crippen molar-refractivity contribution in [2.75, 3.05) is 20.1 Å². The lowest BCUT2D eigenvalue weighted by molar-refractivity contribution is -0.00319. The van der Waals surface area contributed by atoms with Gasteiger partial charge < -0.3 is 15.7 Å². The first-order valence-corrected chi connectivity index (χ1v) is 7.77. The van der Waals surface area contributed by atoms with E-state index in [9.17, 15) is 5.11 Å². The van der Waals surface area contributed by atoms with Crippen molar-refractivity contribution in [2.24, 2.45) is 11.7 Å². The Kier molecular flexibility index (Phi) is 5.05. The van der Waals surface area contributed by atoms with E-state index in [-0.39, 0.29) is 0 Å². The second-order valence-electron chi connectivity index (χ2n) is 6.55. The minimum Gasteiger partial charge on any atom is -0.389 e. The number of hydrogen-bond donors (Lipinski definition) is 2. The van der Waals surface area contributed by atoms with Crippen LogP contribution in [0, 0.1) is 5.92 Å². The van der Waals surface area contributed by atoms with Crippen molar-refractivity contribution in [3.63, 3.8) is 0 Å². The molecule has 0 heterocycles. The Morgan fingerprint density at radius 3 is 2.44 bits per heavy atom. The first kappa shape index (κ1) is 14.3. The first-order valence-electron chi connectivity index (χ1n) is 7.77. The highest BCUT2D eigenvalue weighted by atomic mass is 16.3. The molecule has 2 aliphatic rings. The van der Waals surface area contributed by atoms with Crippen LogP contribution >= 0.6 is 0 Å². The van der Waals surface area contributed by atoms with Crippen molar-refractivity contribution < 1.29 is 5.11 Å². The molecule has 2 aliphatic carbocycles. The Morgan fingerprint density at radius 2 is 1.78 bits per heavy atom. The highest BCUT2D eigenvalue weighted by Crippen LogP contribution is 2.33. The summed E-state index contributed by atoms with van der Waals surface area (Å²) in [5, 5.41) is 10.5. The SMILES string of the molecule is CN(CC1(O)CCCC1)C1CCCCCC1CN. The third kappa shape index (κ3) is 3.46. The quantitative estimate of drug-likeness (QED) is 0.756. The second kappa shape index (κ2) is 6.36. The van der Waals surface area contributed by atoms with Gasteiger partial charge in [-0.2, -0.15) is 0 Å². The molecule has 0 amide bonds. The molecule has 0 aromatic carbocycles. The molecular weight excluding hydrogens is 224 g/mol. The molecule has 0 bridgehead atoms. The summed E-state index contributed by atoms with van der Waals surface area (Å²) in [5.41, 5.74) is 5.54. The van der Waals surface area contributed by atoms with Gasteiger partial charge in [-0.15, -0.1) is 0 Å². The van der Waals surface area contributed by atoms with Crippen LogP contribution in [0.1, 0.15) is 57.8 Å². The summed E-state index contributed by atoms with van der Waals surface area (Å²) in [6, 6.07) is 0.585. The first-order chi connectivity index (χ1) is 8.64. The fourth-order valence-corrected chi connectivity index (χ4v) is 3.99. The fraction of sp³-hybridized carbons (Fsp3) is 1.00. The molecule has 0 spiro atoms. The maximum absolute atomic E-state index is 10.5. The zero-order valence-corrected chi connectivity index (χ0v) is 11.9. The van der Waals surface area contributed by atoms with Crippen LogP contribution in [0.5, 0.6) is 0 Å². The molecule has 3 N–H and O–H groups in total. The lowest BCUT2D eigenvalue weighted by Crippen LogP contribution is -2.47. The Labute approximate surface area is 112 Å². The zero-order chi connectivity index (χ0) is 13.0. The molecule has 0 saturated heterocycles. The monoisotopic (exact) mass is 254 g/mol. The van der Waals surface area contributed by atoms with E-state index < -0.39 is 5.60 Å². The lowest BCUT2D eigenvalue weighted by Gasteiger charge is -2.37.